The molecule has 1 amide bonds. The summed E-state index contributed by atoms with van der Waals surface area (Å²) < 4.78 is 42.9. The van der Waals surface area contributed by atoms with Crippen LogP contribution >= 0.6 is 0 Å². The second-order valence-electron chi connectivity index (χ2n) is 7.42. The van der Waals surface area contributed by atoms with Gasteiger partial charge in [0, 0.05) is 19.2 Å². The first kappa shape index (κ1) is 20.9. The molecule has 1 unspecified atom stereocenters. The number of hydrazone groups is 1. The smallest absolute Gasteiger partial charge is 0.340 e. The first-order valence-electron chi connectivity index (χ1n) is 10.0. The predicted molar refractivity (Wildman–Crippen MR) is 114 cm³/mol. The van der Waals surface area contributed by atoms with Crippen LogP contribution in [0.4, 0.5) is 0 Å². The van der Waals surface area contributed by atoms with Gasteiger partial charge < -0.3 is 18.5 Å². The van der Waals surface area contributed by atoms with Gasteiger partial charge in [0.25, 0.3) is 15.9 Å². The van der Waals surface area contributed by atoms with E-state index >= 15 is 0 Å². The molecule has 2 aromatic rings. The van der Waals surface area contributed by atoms with Crippen LogP contribution in [0.2, 0.25) is 0 Å². The second-order valence-corrected chi connectivity index (χ2v) is 9.18. The number of rotatable bonds is 5. The summed E-state index contributed by atoms with van der Waals surface area (Å²) in [5.41, 5.74) is 0.746. The Balaban J connectivity index is 1.27. The van der Waals surface area contributed by atoms with Crippen molar-refractivity contribution in [2.45, 2.75) is 12.5 Å². The second kappa shape index (κ2) is 8.20. The molecule has 0 aliphatic carbocycles. The zero-order valence-corrected chi connectivity index (χ0v) is 18.0. The highest BCUT2D eigenvalue weighted by Gasteiger charge is 2.36. The summed E-state index contributed by atoms with van der Waals surface area (Å²) in [5, 5.41) is 5.60. The molecule has 0 fully saturated rings. The minimum absolute atomic E-state index is 0.152. The Kier molecular flexibility index (Phi) is 5.21. The van der Waals surface area contributed by atoms with Gasteiger partial charge in [-0.05, 0) is 36.4 Å². The molecule has 0 spiro atoms. The fourth-order valence-electron chi connectivity index (χ4n) is 3.63. The molecule has 3 aliphatic rings. The van der Waals surface area contributed by atoms with Crippen LogP contribution in [-0.4, -0.2) is 60.7 Å². The lowest BCUT2D eigenvalue weighted by atomic mass is 10.1. The van der Waals surface area contributed by atoms with Crippen molar-refractivity contribution in [3.63, 3.8) is 0 Å². The fourth-order valence-corrected chi connectivity index (χ4v) is 4.60. The number of esters is 1. The molecular formula is C21H18N4O7S. The van der Waals surface area contributed by atoms with Crippen molar-refractivity contribution >= 4 is 33.4 Å². The fraction of sp³-hybridized carbons (Fsp3) is 0.238. The number of hydrogen-bond donors (Lipinski definition) is 0. The number of hydrogen-bond acceptors (Lipinski definition) is 9. The van der Waals surface area contributed by atoms with Gasteiger partial charge in [0.15, 0.2) is 6.61 Å². The molecule has 0 radical (unpaired) electrons. The largest absolute Gasteiger partial charge is 0.467 e. The Morgan fingerprint density at radius 3 is 2.73 bits per heavy atom. The van der Waals surface area contributed by atoms with Gasteiger partial charge in [-0.2, -0.15) is 5.10 Å². The minimum Gasteiger partial charge on any atom is -0.467 e. The van der Waals surface area contributed by atoms with Crippen molar-refractivity contribution in [2.24, 2.45) is 9.50 Å². The van der Waals surface area contributed by atoms with Gasteiger partial charge in [-0.1, -0.05) is 0 Å². The molecule has 11 nitrogen and oxygen atoms in total. The standard InChI is InChI=1S/C21H18N4O7S/c26-20(13-32-21(27)14-5-6-19-23-33(28,29)10-7-24(19)12-14)25-16(18-4-2-9-31-18)11-15(22-25)17-3-1-8-30-17/h1-6,8-9,12,16H,7,10-11,13H2. The number of carbonyl (C=O) groups excluding carboxylic acids is 2. The Labute approximate surface area is 188 Å². The molecule has 0 N–H and O–H groups in total. The maximum Gasteiger partial charge on any atom is 0.340 e. The monoisotopic (exact) mass is 470 g/mol. The topological polar surface area (TPSA) is 135 Å². The molecule has 3 aliphatic heterocycles. The van der Waals surface area contributed by atoms with Crippen molar-refractivity contribution in [2.75, 3.05) is 18.9 Å². The molecular weight excluding hydrogens is 452 g/mol. The molecule has 1 atom stereocenters. The number of ether oxygens (including phenoxy) is 1. The Bertz CT molecular complexity index is 1300. The lowest BCUT2D eigenvalue weighted by Crippen LogP contribution is -2.37. The molecule has 0 saturated carbocycles. The summed E-state index contributed by atoms with van der Waals surface area (Å²) in [6, 6.07) is 6.44. The molecule has 0 aromatic carbocycles. The zero-order chi connectivity index (χ0) is 23.0. The van der Waals surface area contributed by atoms with E-state index in [1.54, 1.807) is 29.2 Å². The first-order chi connectivity index (χ1) is 15.9. The zero-order valence-electron chi connectivity index (χ0n) is 17.2. The van der Waals surface area contributed by atoms with E-state index in [0.717, 1.165) is 0 Å². The highest BCUT2D eigenvalue weighted by Crippen LogP contribution is 2.33. The third-order valence-electron chi connectivity index (χ3n) is 5.23. The van der Waals surface area contributed by atoms with Gasteiger partial charge in [0.1, 0.15) is 29.1 Å². The summed E-state index contributed by atoms with van der Waals surface area (Å²) in [5.74, 6) is -0.0934. The van der Waals surface area contributed by atoms with E-state index in [-0.39, 0.29) is 23.7 Å². The van der Waals surface area contributed by atoms with E-state index in [2.05, 4.69) is 9.50 Å². The van der Waals surface area contributed by atoms with E-state index < -0.39 is 34.5 Å². The molecule has 33 heavy (non-hydrogen) atoms. The number of furan rings is 2. The van der Waals surface area contributed by atoms with Crippen LogP contribution in [0.1, 0.15) is 24.0 Å². The van der Waals surface area contributed by atoms with E-state index in [0.29, 0.717) is 23.7 Å². The number of amides is 1. The van der Waals surface area contributed by atoms with Crippen LogP contribution in [0.15, 0.2) is 79.1 Å². The summed E-state index contributed by atoms with van der Waals surface area (Å²) >= 11 is 0. The molecule has 12 heteroatoms. The van der Waals surface area contributed by atoms with Gasteiger partial charge in [-0.15, -0.1) is 4.40 Å². The number of carbonyl (C=O) groups is 2. The van der Waals surface area contributed by atoms with Crippen molar-refractivity contribution in [1.29, 1.82) is 0 Å². The van der Waals surface area contributed by atoms with Crippen LogP contribution in [0.3, 0.4) is 0 Å². The van der Waals surface area contributed by atoms with E-state index in [1.165, 1.54) is 35.9 Å². The third kappa shape index (κ3) is 4.24. The third-order valence-corrected chi connectivity index (χ3v) is 6.39. The predicted octanol–water partition coefficient (Wildman–Crippen LogP) is 1.59. The van der Waals surface area contributed by atoms with Crippen LogP contribution < -0.4 is 0 Å². The lowest BCUT2D eigenvalue weighted by molar-refractivity contribution is -0.149. The summed E-state index contributed by atoms with van der Waals surface area (Å²) in [6.45, 7) is -0.366. The maximum absolute atomic E-state index is 12.9. The van der Waals surface area contributed by atoms with Gasteiger partial charge in [-0.3, -0.25) is 4.79 Å². The molecule has 170 valence electrons. The Morgan fingerprint density at radius 2 is 1.97 bits per heavy atom. The molecule has 0 bridgehead atoms. The maximum atomic E-state index is 12.9. The summed E-state index contributed by atoms with van der Waals surface area (Å²) in [7, 11) is -3.49. The van der Waals surface area contributed by atoms with Gasteiger partial charge in [0.2, 0.25) is 0 Å². The van der Waals surface area contributed by atoms with E-state index in [1.807, 2.05) is 0 Å². The minimum atomic E-state index is -3.49. The molecule has 0 saturated heterocycles. The normalized spacial score (nSPS) is 21.2. The van der Waals surface area contributed by atoms with Crippen LogP contribution in [-0.2, 0) is 24.3 Å². The van der Waals surface area contributed by atoms with Gasteiger partial charge in [-0.25, -0.2) is 18.2 Å². The average molecular weight is 470 g/mol. The number of nitrogens with zero attached hydrogens (tertiary/aromatic N) is 4. The first-order valence-corrected chi connectivity index (χ1v) is 11.6. The highest BCUT2D eigenvalue weighted by molar-refractivity contribution is 7.90. The Morgan fingerprint density at radius 1 is 1.15 bits per heavy atom. The lowest BCUT2D eigenvalue weighted by Gasteiger charge is -2.26. The number of amidine groups is 1. The summed E-state index contributed by atoms with van der Waals surface area (Å²) in [4.78, 5) is 27.0. The van der Waals surface area contributed by atoms with Crippen LogP contribution in [0.25, 0.3) is 0 Å². The Hall–Kier alpha value is -3.93. The number of fused-ring (bicyclic) bond motifs is 1. The van der Waals surface area contributed by atoms with E-state index in [9.17, 15) is 18.0 Å². The molecule has 5 rings (SSSR count). The van der Waals surface area contributed by atoms with Crippen molar-refractivity contribution < 1.29 is 31.6 Å². The molecule has 5 heterocycles. The van der Waals surface area contributed by atoms with Gasteiger partial charge in [0.05, 0.1) is 23.9 Å². The van der Waals surface area contributed by atoms with Crippen molar-refractivity contribution in [3.8, 4) is 0 Å². The summed E-state index contributed by atoms with van der Waals surface area (Å²) in [6.07, 6.45) is 7.68. The van der Waals surface area contributed by atoms with Crippen LogP contribution in [0, 0.1) is 0 Å². The average Bonchev–Trinajstić information content (AvgIpc) is 3.56. The quantitative estimate of drug-likeness (QED) is 0.601. The van der Waals surface area contributed by atoms with Crippen LogP contribution in [0.5, 0.6) is 0 Å². The number of sulfonamides is 1. The van der Waals surface area contributed by atoms with Crippen molar-refractivity contribution in [1.82, 2.24) is 9.91 Å². The molecule has 2 aromatic heterocycles. The van der Waals surface area contributed by atoms with E-state index in [4.69, 9.17) is 13.6 Å². The highest BCUT2D eigenvalue weighted by atomic mass is 32.2. The SMILES string of the molecule is O=C(OCC(=O)N1N=C(c2ccco2)CC1c1ccco1)C1=CN2CCS(=O)(=O)N=C2C=C1. The van der Waals surface area contributed by atoms with Gasteiger partial charge >= 0.3 is 5.97 Å². The van der Waals surface area contributed by atoms with Crippen molar-refractivity contribution in [3.05, 3.63) is 72.2 Å².